The van der Waals surface area contributed by atoms with Crippen molar-refractivity contribution in [2.24, 2.45) is 23.2 Å². The topological polar surface area (TPSA) is 66.5 Å². The van der Waals surface area contributed by atoms with Crippen LogP contribution in [0.25, 0.3) is 0 Å². The predicted octanol–water partition coefficient (Wildman–Crippen LogP) is 3.73. The second-order valence-electron chi connectivity index (χ2n) is 10.3. The number of nitrogens with zero attached hydrogens (tertiary/aromatic N) is 1. The smallest absolute Gasteiger partial charge is 0.243 e. The maximum atomic E-state index is 13.3. The molecule has 164 valence electrons. The fraction of sp³-hybridized carbons (Fsp3) is 0.708. The van der Waals surface area contributed by atoms with Gasteiger partial charge in [-0.2, -0.15) is 4.31 Å². The van der Waals surface area contributed by atoms with Gasteiger partial charge in [0.15, 0.2) is 0 Å². The second kappa shape index (κ2) is 7.63. The average molecular weight is 431 g/mol. The molecule has 6 heteroatoms. The lowest BCUT2D eigenvalue weighted by atomic mass is 9.49. The van der Waals surface area contributed by atoms with Crippen molar-refractivity contribution in [1.29, 1.82) is 0 Å². The summed E-state index contributed by atoms with van der Waals surface area (Å²) in [5, 5.41) is 3.34. The Morgan fingerprint density at radius 1 is 1.00 bits per heavy atom. The molecule has 1 heterocycles. The first-order valence-electron chi connectivity index (χ1n) is 11.8. The van der Waals surface area contributed by atoms with Crippen LogP contribution >= 0.6 is 0 Å². The molecule has 0 atom stereocenters. The molecular weight excluding hydrogens is 396 g/mol. The zero-order chi connectivity index (χ0) is 20.9. The van der Waals surface area contributed by atoms with Gasteiger partial charge in [0.25, 0.3) is 0 Å². The van der Waals surface area contributed by atoms with Gasteiger partial charge < -0.3 is 5.32 Å². The van der Waals surface area contributed by atoms with E-state index in [2.05, 4.69) is 12.2 Å². The Bertz CT molecular complexity index is 866. The number of aryl methyl sites for hydroxylation is 1. The first kappa shape index (κ1) is 20.5. The van der Waals surface area contributed by atoms with Gasteiger partial charge in [0.1, 0.15) is 0 Å². The molecule has 1 N–H and O–H groups in total. The van der Waals surface area contributed by atoms with E-state index in [1.54, 1.807) is 16.4 Å². The highest BCUT2D eigenvalue weighted by atomic mass is 32.2. The lowest BCUT2D eigenvalue weighted by molar-refractivity contribution is -0.147. The molecule has 1 aliphatic heterocycles. The fourth-order valence-electron chi connectivity index (χ4n) is 7.01. The van der Waals surface area contributed by atoms with Crippen LogP contribution in [0.4, 0.5) is 0 Å². The minimum atomic E-state index is -3.46. The van der Waals surface area contributed by atoms with Gasteiger partial charge in [-0.05, 0) is 93.2 Å². The second-order valence-corrected chi connectivity index (χ2v) is 12.3. The van der Waals surface area contributed by atoms with Crippen molar-refractivity contribution in [2.75, 3.05) is 13.1 Å². The van der Waals surface area contributed by atoms with Crippen LogP contribution in [0.15, 0.2) is 29.2 Å². The van der Waals surface area contributed by atoms with E-state index in [0.717, 1.165) is 49.0 Å². The van der Waals surface area contributed by atoms with Gasteiger partial charge in [0.2, 0.25) is 15.9 Å². The van der Waals surface area contributed by atoms with Crippen LogP contribution in [0.1, 0.15) is 63.9 Å². The summed E-state index contributed by atoms with van der Waals surface area (Å²) in [6.45, 7) is 3.01. The number of hydrogen-bond acceptors (Lipinski definition) is 3. The first-order chi connectivity index (χ1) is 14.4. The Morgan fingerprint density at radius 2 is 1.53 bits per heavy atom. The minimum Gasteiger partial charge on any atom is -0.353 e. The van der Waals surface area contributed by atoms with E-state index in [-0.39, 0.29) is 17.4 Å². The Hall–Kier alpha value is -1.40. The molecule has 5 fully saturated rings. The number of carbonyl (C=O) groups excluding carboxylic acids is 1. The zero-order valence-electron chi connectivity index (χ0n) is 18.0. The molecule has 6 rings (SSSR count). The molecule has 0 radical (unpaired) electrons. The quantitative estimate of drug-likeness (QED) is 0.774. The van der Waals surface area contributed by atoms with Gasteiger partial charge in [0.05, 0.1) is 4.90 Å². The van der Waals surface area contributed by atoms with Crippen LogP contribution in [0, 0.1) is 23.2 Å². The van der Waals surface area contributed by atoms with Crippen LogP contribution < -0.4 is 5.32 Å². The molecule has 1 aromatic rings. The summed E-state index contributed by atoms with van der Waals surface area (Å²) in [5.74, 6) is 2.53. The average Bonchev–Trinajstić information content (AvgIpc) is 2.73. The monoisotopic (exact) mass is 430 g/mol. The molecule has 5 aliphatic rings. The van der Waals surface area contributed by atoms with Crippen LogP contribution in [-0.4, -0.2) is 37.8 Å². The van der Waals surface area contributed by atoms with E-state index in [1.165, 1.54) is 19.3 Å². The standard InChI is InChI=1S/C24H34N2O3S/c1-2-17-3-5-22(6-4-17)30(28,29)26-9-7-21(8-10-26)25-23(27)24-14-18-11-19(15-24)13-20(12-18)16-24/h3-6,18-21H,2,7-16H2,1H3,(H,25,27). The van der Waals surface area contributed by atoms with E-state index < -0.39 is 10.0 Å². The highest BCUT2D eigenvalue weighted by molar-refractivity contribution is 7.89. The predicted molar refractivity (Wildman–Crippen MR) is 116 cm³/mol. The van der Waals surface area contributed by atoms with E-state index >= 15 is 0 Å². The third-order valence-electron chi connectivity index (χ3n) is 8.28. The van der Waals surface area contributed by atoms with E-state index in [9.17, 15) is 13.2 Å². The molecule has 5 nitrogen and oxygen atoms in total. The van der Waals surface area contributed by atoms with Crippen molar-refractivity contribution in [3.63, 3.8) is 0 Å². The van der Waals surface area contributed by atoms with Gasteiger partial charge >= 0.3 is 0 Å². The molecule has 0 unspecified atom stereocenters. The van der Waals surface area contributed by atoms with Crippen molar-refractivity contribution >= 4 is 15.9 Å². The summed E-state index contributed by atoms with van der Waals surface area (Å²) in [6.07, 6.45) is 9.53. The van der Waals surface area contributed by atoms with Crippen LogP contribution in [0.5, 0.6) is 0 Å². The summed E-state index contributed by atoms with van der Waals surface area (Å²) in [4.78, 5) is 13.7. The van der Waals surface area contributed by atoms with Crippen LogP contribution in [0.2, 0.25) is 0 Å². The largest absolute Gasteiger partial charge is 0.353 e. The maximum Gasteiger partial charge on any atom is 0.243 e. The molecule has 1 amide bonds. The highest BCUT2D eigenvalue weighted by Crippen LogP contribution is 2.60. The number of amides is 1. The Kier molecular flexibility index (Phi) is 5.21. The number of benzene rings is 1. The molecule has 0 spiro atoms. The van der Waals surface area contributed by atoms with E-state index in [0.29, 0.717) is 30.8 Å². The van der Waals surface area contributed by atoms with Gasteiger partial charge in [0, 0.05) is 24.5 Å². The Labute approximate surface area is 180 Å². The normalized spacial score (nSPS) is 34.2. The minimum absolute atomic E-state index is 0.0967. The summed E-state index contributed by atoms with van der Waals surface area (Å²) < 4.78 is 27.6. The highest BCUT2D eigenvalue weighted by Gasteiger charge is 2.54. The molecule has 0 aromatic heterocycles. The Balaban J connectivity index is 1.19. The van der Waals surface area contributed by atoms with Gasteiger partial charge in [-0.15, -0.1) is 0 Å². The van der Waals surface area contributed by atoms with Crippen molar-refractivity contribution < 1.29 is 13.2 Å². The van der Waals surface area contributed by atoms with Crippen LogP contribution in [-0.2, 0) is 21.2 Å². The van der Waals surface area contributed by atoms with Crippen molar-refractivity contribution in [2.45, 2.75) is 75.6 Å². The van der Waals surface area contributed by atoms with E-state index in [1.807, 2.05) is 12.1 Å². The number of piperidine rings is 1. The van der Waals surface area contributed by atoms with E-state index in [4.69, 9.17) is 0 Å². The number of hydrogen-bond donors (Lipinski definition) is 1. The van der Waals surface area contributed by atoms with Gasteiger partial charge in [-0.1, -0.05) is 19.1 Å². The number of nitrogens with one attached hydrogen (secondary N) is 1. The van der Waals surface area contributed by atoms with Gasteiger partial charge in [-0.25, -0.2) is 8.42 Å². The molecule has 30 heavy (non-hydrogen) atoms. The third-order valence-corrected chi connectivity index (χ3v) is 10.2. The molecule has 1 saturated heterocycles. The molecule has 4 saturated carbocycles. The lowest BCUT2D eigenvalue weighted by Crippen LogP contribution is -2.56. The first-order valence-corrected chi connectivity index (χ1v) is 13.2. The van der Waals surface area contributed by atoms with Crippen LogP contribution in [0.3, 0.4) is 0 Å². The maximum absolute atomic E-state index is 13.3. The Morgan fingerprint density at radius 3 is 2.03 bits per heavy atom. The number of rotatable bonds is 5. The third kappa shape index (κ3) is 3.60. The summed E-state index contributed by atoms with van der Waals surface area (Å²) >= 11 is 0. The number of carbonyl (C=O) groups is 1. The molecule has 4 bridgehead atoms. The summed E-state index contributed by atoms with van der Waals surface area (Å²) in [7, 11) is -3.46. The fourth-order valence-corrected chi connectivity index (χ4v) is 8.48. The lowest BCUT2D eigenvalue weighted by Gasteiger charge is -2.56. The SMILES string of the molecule is CCc1ccc(S(=O)(=O)N2CCC(NC(=O)C34CC5CC(CC(C5)C3)C4)CC2)cc1. The van der Waals surface area contributed by atoms with Crippen molar-refractivity contribution in [3.05, 3.63) is 29.8 Å². The van der Waals surface area contributed by atoms with Crippen molar-refractivity contribution in [1.82, 2.24) is 9.62 Å². The molecular formula is C24H34N2O3S. The summed E-state index contributed by atoms with van der Waals surface area (Å²) in [6, 6.07) is 7.32. The zero-order valence-corrected chi connectivity index (χ0v) is 18.8. The molecule has 1 aromatic carbocycles. The summed E-state index contributed by atoms with van der Waals surface area (Å²) in [5.41, 5.74) is 1.01. The number of sulfonamides is 1. The van der Waals surface area contributed by atoms with Gasteiger partial charge in [-0.3, -0.25) is 4.79 Å². The van der Waals surface area contributed by atoms with Crippen molar-refractivity contribution in [3.8, 4) is 0 Å². The molecule has 4 aliphatic carbocycles.